The Labute approximate surface area is 237 Å². The lowest BCUT2D eigenvalue weighted by Crippen LogP contribution is -2.53. The molecule has 1 heterocycles. The van der Waals surface area contributed by atoms with Crippen molar-refractivity contribution in [3.8, 4) is 5.75 Å². The number of nitrogens with one attached hydrogen (secondary N) is 1. The zero-order valence-corrected chi connectivity index (χ0v) is 25.4. The van der Waals surface area contributed by atoms with E-state index in [9.17, 15) is 15.0 Å². The third-order valence-corrected chi connectivity index (χ3v) is 7.20. The zero-order valence-electron chi connectivity index (χ0n) is 23.7. The van der Waals surface area contributed by atoms with Crippen molar-refractivity contribution in [2.75, 3.05) is 44.7 Å². The van der Waals surface area contributed by atoms with E-state index in [4.69, 9.17) is 4.74 Å². The van der Waals surface area contributed by atoms with Crippen LogP contribution in [0, 0.1) is 0 Å². The molecule has 0 atom stereocenters. The Kier molecular flexibility index (Phi) is 22.9. The molecule has 1 saturated heterocycles. The molecule has 0 radical (unpaired) electrons. The van der Waals surface area contributed by atoms with Gasteiger partial charge in [-0.1, -0.05) is 83.8 Å². The number of amides is 1. The third-order valence-electron chi connectivity index (χ3n) is 7.20. The molecule has 0 aromatic heterocycles. The lowest BCUT2D eigenvalue weighted by atomic mass is 10.0. The predicted molar refractivity (Wildman–Crippen MR) is 159 cm³/mol. The highest BCUT2D eigenvalue weighted by atomic mass is 79.9. The fourth-order valence-electron chi connectivity index (χ4n) is 5.05. The van der Waals surface area contributed by atoms with Crippen molar-refractivity contribution in [2.24, 2.45) is 0 Å². The summed E-state index contributed by atoms with van der Waals surface area (Å²) in [5.74, 6) is 0.553. The molecule has 1 amide bonds. The Balaban J connectivity index is 0.000000682. The van der Waals surface area contributed by atoms with Crippen LogP contribution >= 0.6 is 17.0 Å². The van der Waals surface area contributed by atoms with Crippen LogP contribution < -0.4 is 15.2 Å². The van der Waals surface area contributed by atoms with Gasteiger partial charge in [0.25, 0.3) is 0 Å². The molecule has 1 aliphatic heterocycles. The first-order valence-corrected chi connectivity index (χ1v) is 14.7. The first-order valence-electron chi connectivity index (χ1n) is 14.7. The molecule has 7 heteroatoms. The van der Waals surface area contributed by atoms with Crippen LogP contribution in [0.3, 0.4) is 0 Å². The van der Waals surface area contributed by atoms with Gasteiger partial charge in [-0.15, -0.1) is 17.0 Å². The standard InChI is InChI=1S/C16H34NO.C14H21NO3.BrH/c1-2-3-4-5-6-7-9-12-17(15-16-18)13-10-8-11-14-17;1-2-3-4-5-8-11-18-13-10-7-6-9-12(13)15-14(16)17;/h18H,2-16H2,1H3;6-7,9-10,15H,2-5,8,11H2,1H3,(H,16,17);1H/q+1;;/p-1. The summed E-state index contributed by atoms with van der Waals surface area (Å²) in [6.07, 6.45) is 18.4. The highest BCUT2D eigenvalue weighted by molar-refractivity contribution is 8.93. The molecule has 2 N–H and O–H groups in total. The second-order valence-electron chi connectivity index (χ2n) is 10.3. The van der Waals surface area contributed by atoms with E-state index in [1.807, 2.05) is 6.07 Å². The summed E-state index contributed by atoms with van der Waals surface area (Å²) in [5.41, 5.74) is 0.436. The number of carboxylic acid groups (broad SMARTS) is 1. The number of halogens is 1. The number of benzene rings is 1. The van der Waals surface area contributed by atoms with Crippen molar-refractivity contribution in [2.45, 2.75) is 110 Å². The number of piperidine rings is 1. The van der Waals surface area contributed by atoms with E-state index >= 15 is 0 Å². The minimum Gasteiger partial charge on any atom is -0.530 e. The maximum atomic E-state index is 10.5. The number of anilines is 1. The molecule has 0 spiro atoms. The van der Waals surface area contributed by atoms with E-state index in [1.54, 1.807) is 18.2 Å². The summed E-state index contributed by atoms with van der Waals surface area (Å²) >= 11 is 0. The minimum absolute atomic E-state index is 0. The third kappa shape index (κ3) is 17.8. The van der Waals surface area contributed by atoms with Gasteiger partial charge < -0.3 is 29.5 Å². The van der Waals surface area contributed by atoms with Crippen LogP contribution in [-0.2, 0) is 0 Å². The summed E-state index contributed by atoms with van der Waals surface area (Å²) in [7, 11) is 0. The van der Waals surface area contributed by atoms with Crippen molar-refractivity contribution in [3.63, 3.8) is 0 Å². The summed E-state index contributed by atoms with van der Waals surface area (Å²) in [4.78, 5) is 10.5. The maximum Gasteiger partial charge on any atom is 0.142 e. The van der Waals surface area contributed by atoms with Gasteiger partial charge in [0, 0.05) is 0 Å². The number of quaternary nitrogens is 1. The molecule has 6 nitrogen and oxygen atoms in total. The molecule has 0 aliphatic carbocycles. The number of ether oxygens (including phenoxy) is 1. The zero-order chi connectivity index (χ0) is 26.3. The highest BCUT2D eigenvalue weighted by Crippen LogP contribution is 2.24. The predicted octanol–water partition coefficient (Wildman–Crippen LogP) is 7.10. The summed E-state index contributed by atoms with van der Waals surface area (Å²) in [6, 6.07) is 6.96. The molecular weight excluding hydrogens is 532 g/mol. The Bertz CT molecular complexity index is 663. The highest BCUT2D eigenvalue weighted by Gasteiger charge is 2.28. The van der Waals surface area contributed by atoms with Crippen LogP contribution in [0.4, 0.5) is 10.5 Å². The molecule has 2 rings (SSSR count). The molecule has 1 fully saturated rings. The van der Waals surface area contributed by atoms with Crippen molar-refractivity contribution in [3.05, 3.63) is 24.3 Å². The molecule has 0 bridgehead atoms. The van der Waals surface area contributed by atoms with Gasteiger partial charge in [0.05, 0.1) is 38.5 Å². The fourth-order valence-corrected chi connectivity index (χ4v) is 5.05. The van der Waals surface area contributed by atoms with E-state index in [0.29, 0.717) is 24.7 Å². The Hall–Kier alpha value is -1.31. The topological polar surface area (TPSA) is 81.6 Å². The Morgan fingerprint density at radius 3 is 2.03 bits per heavy atom. The second kappa shape index (κ2) is 23.8. The average Bonchev–Trinajstić information content (AvgIpc) is 2.87. The first kappa shape index (κ1) is 35.7. The van der Waals surface area contributed by atoms with Gasteiger partial charge >= 0.3 is 0 Å². The monoisotopic (exact) mass is 586 g/mol. The van der Waals surface area contributed by atoms with Crippen LogP contribution in [0.1, 0.15) is 110 Å². The minimum atomic E-state index is -1.33. The van der Waals surface area contributed by atoms with Gasteiger partial charge in [-0.25, -0.2) is 0 Å². The number of carbonyl (C=O) groups excluding carboxylic acids is 1. The van der Waals surface area contributed by atoms with Gasteiger partial charge in [-0.05, 0) is 50.7 Å². The molecule has 1 aromatic carbocycles. The summed E-state index contributed by atoms with van der Waals surface area (Å²) in [6.45, 7) is 10.4. The van der Waals surface area contributed by atoms with E-state index in [0.717, 1.165) is 19.4 Å². The number of hydrogen-bond acceptors (Lipinski definition) is 4. The van der Waals surface area contributed by atoms with Crippen LogP contribution in [0.2, 0.25) is 0 Å². The first-order chi connectivity index (χ1) is 17.6. The number of carbonyl (C=O) groups is 1. The van der Waals surface area contributed by atoms with Crippen molar-refractivity contribution >= 4 is 28.8 Å². The number of para-hydroxylation sites is 2. The lowest BCUT2D eigenvalue weighted by Gasteiger charge is -2.41. The quantitative estimate of drug-likeness (QED) is 0.142. The van der Waals surface area contributed by atoms with Crippen molar-refractivity contribution < 1.29 is 24.2 Å². The number of aliphatic hydroxyl groups excluding tert-OH is 1. The number of nitrogens with zero attached hydrogens (tertiary/aromatic N) is 1. The van der Waals surface area contributed by atoms with Gasteiger partial charge in [-0.2, -0.15) is 0 Å². The smallest absolute Gasteiger partial charge is 0.142 e. The normalized spacial score (nSPS) is 14.1. The number of unbranched alkanes of at least 4 members (excludes halogenated alkanes) is 10. The van der Waals surface area contributed by atoms with Gasteiger partial charge in [0.1, 0.15) is 18.4 Å². The molecule has 0 unspecified atom stereocenters. The number of hydrogen-bond donors (Lipinski definition) is 2. The molecule has 1 aliphatic rings. The van der Waals surface area contributed by atoms with Crippen LogP contribution in [0.15, 0.2) is 24.3 Å². The molecular formula is C30H55BrN2O4. The van der Waals surface area contributed by atoms with Crippen molar-refractivity contribution in [1.82, 2.24) is 0 Å². The molecule has 0 saturated carbocycles. The van der Waals surface area contributed by atoms with Crippen LogP contribution in [-0.4, -0.2) is 55.1 Å². The van der Waals surface area contributed by atoms with Gasteiger partial charge in [-0.3, -0.25) is 0 Å². The maximum absolute atomic E-state index is 10.5. The summed E-state index contributed by atoms with van der Waals surface area (Å²) in [5, 5.41) is 22.0. The van der Waals surface area contributed by atoms with Gasteiger partial charge in [0.15, 0.2) is 0 Å². The van der Waals surface area contributed by atoms with Gasteiger partial charge in [0.2, 0.25) is 0 Å². The largest absolute Gasteiger partial charge is 0.530 e. The molecule has 216 valence electrons. The number of aliphatic hydroxyl groups is 1. The van der Waals surface area contributed by atoms with Crippen LogP contribution in [0.5, 0.6) is 5.75 Å². The lowest BCUT2D eigenvalue weighted by molar-refractivity contribution is -0.932. The van der Waals surface area contributed by atoms with Crippen molar-refractivity contribution in [1.29, 1.82) is 0 Å². The SMILES string of the molecule is Br.CCCCCCCCC[N+]1(CCO)CCCCC1.CCCCCCCOc1ccccc1NC(=O)[O-]. The van der Waals surface area contributed by atoms with E-state index in [-0.39, 0.29) is 17.0 Å². The summed E-state index contributed by atoms with van der Waals surface area (Å²) < 4.78 is 6.78. The van der Waals surface area contributed by atoms with E-state index < -0.39 is 6.09 Å². The van der Waals surface area contributed by atoms with E-state index in [1.165, 1.54) is 108 Å². The Morgan fingerprint density at radius 1 is 0.865 bits per heavy atom. The Morgan fingerprint density at radius 2 is 1.43 bits per heavy atom. The van der Waals surface area contributed by atoms with E-state index in [2.05, 4.69) is 19.2 Å². The number of rotatable bonds is 18. The molecule has 1 aromatic rings. The number of likely N-dealkylation sites (tertiary alicyclic amines) is 1. The second-order valence-corrected chi connectivity index (χ2v) is 10.3. The average molecular weight is 588 g/mol. The fraction of sp³-hybridized carbons (Fsp3) is 0.767. The van der Waals surface area contributed by atoms with Crippen LogP contribution in [0.25, 0.3) is 0 Å². The molecule has 37 heavy (non-hydrogen) atoms.